The highest BCUT2D eigenvalue weighted by Gasteiger charge is 2.15. The predicted molar refractivity (Wildman–Crippen MR) is 102 cm³/mol. The van der Waals surface area contributed by atoms with Crippen LogP contribution < -0.4 is 15.0 Å². The van der Waals surface area contributed by atoms with E-state index in [0.717, 1.165) is 43.1 Å². The maximum Gasteiger partial charge on any atom is 0.387 e. The number of alkyl halides is 2. The number of halogens is 2. The van der Waals surface area contributed by atoms with Gasteiger partial charge in [-0.1, -0.05) is 0 Å². The Hall–Kier alpha value is -2.67. The van der Waals surface area contributed by atoms with E-state index in [0.29, 0.717) is 5.56 Å². The van der Waals surface area contributed by atoms with Crippen LogP contribution in [-0.4, -0.2) is 50.6 Å². The summed E-state index contributed by atoms with van der Waals surface area (Å²) in [5.41, 5.74) is 3.22. The van der Waals surface area contributed by atoms with Gasteiger partial charge >= 0.3 is 6.61 Å². The van der Waals surface area contributed by atoms with E-state index in [1.54, 1.807) is 0 Å². The molecule has 2 aromatic carbocycles. The van der Waals surface area contributed by atoms with Gasteiger partial charge in [0.2, 0.25) is 0 Å². The zero-order valence-corrected chi connectivity index (χ0v) is 15.4. The Kier molecular flexibility index (Phi) is 5.91. The second-order valence-electron chi connectivity index (χ2n) is 6.65. The lowest BCUT2D eigenvalue weighted by molar-refractivity contribution is -0.0498. The molecule has 2 aromatic rings. The highest BCUT2D eigenvalue weighted by atomic mass is 19.3. The van der Waals surface area contributed by atoms with Crippen LogP contribution in [0.5, 0.6) is 5.75 Å². The van der Waals surface area contributed by atoms with Gasteiger partial charge in [-0.3, -0.25) is 4.79 Å². The molecule has 0 unspecified atom stereocenters. The Balaban J connectivity index is 1.65. The Labute approximate surface area is 157 Å². The number of piperazine rings is 1. The minimum absolute atomic E-state index is 0.0225. The van der Waals surface area contributed by atoms with Crippen LogP contribution in [0.25, 0.3) is 0 Å². The molecular formula is C20H23F2N3O2. The summed E-state index contributed by atoms with van der Waals surface area (Å²) in [5, 5.41) is 2.87. The lowest BCUT2D eigenvalue weighted by Crippen LogP contribution is -2.44. The molecule has 0 saturated carbocycles. The van der Waals surface area contributed by atoms with Gasteiger partial charge in [0.1, 0.15) is 5.75 Å². The summed E-state index contributed by atoms with van der Waals surface area (Å²) in [6, 6.07) is 11.6. The zero-order chi connectivity index (χ0) is 19.4. The number of hydrogen-bond donors (Lipinski definition) is 1. The third-order valence-electron chi connectivity index (χ3n) is 4.67. The smallest absolute Gasteiger partial charge is 0.387 e. The zero-order valence-electron chi connectivity index (χ0n) is 15.4. The number of anilines is 2. The lowest BCUT2D eigenvalue weighted by Gasteiger charge is -2.34. The van der Waals surface area contributed by atoms with Crippen molar-refractivity contribution < 1.29 is 18.3 Å². The number of carbonyl (C=O) groups is 1. The summed E-state index contributed by atoms with van der Waals surface area (Å²) >= 11 is 0. The fourth-order valence-electron chi connectivity index (χ4n) is 3.03. The van der Waals surface area contributed by atoms with Gasteiger partial charge in [-0.2, -0.15) is 8.78 Å². The summed E-state index contributed by atoms with van der Waals surface area (Å²) in [7, 11) is 2.12. The number of likely N-dealkylation sites (N-methyl/N-ethyl adjacent to an activating group) is 1. The number of hydrogen-bond acceptors (Lipinski definition) is 4. The van der Waals surface area contributed by atoms with Crippen molar-refractivity contribution in [1.29, 1.82) is 0 Å². The molecule has 1 heterocycles. The topological polar surface area (TPSA) is 44.8 Å². The van der Waals surface area contributed by atoms with E-state index in [9.17, 15) is 13.6 Å². The van der Waals surface area contributed by atoms with Gasteiger partial charge < -0.3 is 19.9 Å². The number of nitrogens with one attached hydrogen (secondary N) is 1. The fraction of sp³-hybridized carbons (Fsp3) is 0.350. The molecule has 27 heavy (non-hydrogen) atoms. The summed E-state index contributed by atoms with van der Waals surface area (Å²) in [6.45, 7) is 3.09. The van der Waals surface area contributed by atoms with Crippen molar-refractivity contribution in [1.82, 2.24) is 4.90 Å². The van der Waals surface area contributed by atoms with Crippen LogP contribution in [0, 0.1) is 6.92 Å². The molecule has 0 atom stereocenters. The van der Waals surface area contributed by atoms with Crippen LogP contribution in [0.2, 0.25) is 0 Å². The van der Waals surface area contributed by atoms with E-state index in [-0.39, 0.29) is 11.7 Å². The SMILES string of the molecule is Cc1cc(N2CCN(C)CC2)ccc1NC(=O)c1ccc(OC(F)F)cc1. The van der Waals surface area contributed by atoms with Gasteiger partial charge in [-0.15, -0.1) is 0 Å². The van der Waals surface area contributed by atoms with Gasteiger partial charge in [0, 0.05) is 43.1 Å². The molecule has 1 aliphatic rings. The predicted octanol–water partition coefficient (Wildman–Crippen LogP) is 3.60. The molecule has 144 valence electrons. The Bertz CT molecular complexity index is 788. The van der Waals surface area contributed by atoms with Crippen LogP contribution in [0.4, 0.5) is 20.2 Å². The van der Waals surface area contributed by atoms with E-state index >= 15 is 0 Å². The molecule has 0 spiro atoms. The number of amides is 1. The average Bonchev–Trinajstić information content (AvgIpc) is 2.64. The third-order valence-corrected chi connectivity index (χ3v) is 4.67. The molecule has 1 N–H and O–H groups in total. The molecule has 0 radical (unpaired) electrons. The first-order chi connectivity index (χ1) is 12.9. The first kappa shape index (κ1) is 19.1. The quantitative estimate of drug-likeness (QED) is 0.867. The summed E-state index contributed by atoms with van der Waals surface area (Å²) in [6.07, 6.45) is 0. The molecule has 1 fully saturated rings. The van der Waals surface area contributed by atoms with E-state index in [2.05, 4.69) is 33.0 Å². The summed E-state index contributed by atoms with van der Waals surface area (Å²) in [4.78, 5) is 17.0. The number of aryl methyl sites for hydroxylation is 1. The van der Waals surface area contributed by atoms with Crippen molar-refractivity contribution >= 4 is 17.3 Å². The maximum atomic E-state index is 12.4. The van der Waals surface area contributed by atoms with Gasteiger partial charge in [0.15, 0.2) is 0 Å². The molecule has 0 bridgehead atoms. The number of ether oxygens (including phenoxy) is 1. The minimum Gasteiger partial charge on any atom is -0.435 e. The normalized spacial score (nSPS) is 15.1. The number of benzene rings is 2. The number of nitrogens with zero attached hydrogens (tertiary/aromatic N) is 2. The minimum atomic E-state index is -2.88. The fourth-order valence-corrected chi connectivity index (χ4v) is 3.03. The first-order valence-corrected chi connectivity index (χ1v) is 8.83. The van der Waals surface area contributed by atoms with E-state index in [1.807, 2.05) is 19.1 Å². The van der Waals surface area contributed by atoms with Gasteiger partial charge in [-0.05, 0) is 62.0 Å². The van der Waals surface area contributed by atoms with Crippen molar-refractivity contribution in [2.24, 2.45) is 0 Å². The molecule has 7 heteroatoms. The second-order valence-corrected chi connectivity index (χ2v) is 6.65. The van der Waals surface area contributed by atoms with Crippen molar-refractivity contribution in [2.45, 2.75) is 13.5 Å². The monoisotopic (exact) mass is 375 g/mol. The van der Waals surface area contributed by atoms with Gasteiger partial charge in [0.05, 0.1) is 0 Å². The van der Waals surface area contributed by atoms with E-state index < -0.39 is 6.61 Å². The van der Waals surface area contributed by atoms with Gasteiger partial charge in [0.25, 0.3) is 5.91 Å². The molecule has 0 aliphatic carbocycles. The van der Waals surface area contributed by atoms with Crippen LogP contribution in [0.1, 0.15) is 15.9 Å². The Morgan fingerprint density at radius 2 is 1.74 bits per heavy atom. The van der Waals surface area contributed by atoms with E-state index in [4.69, 9.17) is 0 Å². The largest absolute Gasteiger partial charge is 0.435 e. The average molecular weight is 375 g/mol. The highest BCUT2D eigenvalue weighted by molar-refractivity contribution is 6.04. The highest BCUT2D eigenvalue weighted by Crippen LogP contribution is 2.24. The second kappa shape index (κ2) is 8.35. The Morgan fingerprint density at radius 1 is 1.07 bits per heavy atom. The molecule has 1 amide bonds. The summed E-state index contributed by atoms with van der Waals surface area (Å²) in [5.74, 6) is -0.275. The Morgan fingerprint density at radius 3 is 2.33 bits per heavy atom. The molecule has 0 aromatic heterocycles. The number of carbonyl (C=O) groups excluding carboxylic acids is 1. The molecule has 3 rings (SSSR count). The molecule has 1 aliphatic heterocycles. The standard InChI is InChI=1S/C20H23F2N3O2/c1-14-13-16(25-11-9-24(2)10-12-25)5-8-18(14)23-19(26)15-3-6-17(7-4-15)27-20(21)22/h3-8,13,20H,9-12H2,1-2H3,(H,23,26). The van der Waals surface area contributed by atoms with E-state index in [1.165, 1.54) is 24.3 Å². The third kappa shape index (κ3) is 4.95. The van der Waals surface area contributed by atoms with Gasteiger partial charge in [-0.25, -0.2) is 0 Å². The number of rotatable bonds is 5. The lowest BCUT2D eigenvalue weighted by atomic mass is 10.1. The first-order valence-electron chi connectivity index (χ1n) is 8.83. The van der Waals surface area contributed by atoms with Crippen LogP contribution >= 0.6 is 0 Å². The molecular weight excluding hydrogens is 352 g/mol. The van der Waals surface area contributed by atoms with Crippen molar-refractivity contribution in [3.05, 3.63) is 53.6 Å². The van der Waals surface area contributed by atoms with Crippen molar-refractivity contribution in [3.63, 3.8) is 0 Å². The van der Waals surface area contributed by atoms with Crippen LogP contribution in [0.15, 0.2) is 42.5 Å². The van der Waals surface area contributed by atoms with Crippen LogP contribution in [-0.2, 0) is 0 Å². The molecule has 5 nitrogen and oxygen atoms in total. The molecule has 1 saturated heterocycles. The maximum absolute atomic E-state index is 12.4. The van der Waals surface area contributed by atoms with Crippen molar-refractivity contribution in [2.75, 3.05) is 43.4 Å². The summed E-state index contributed by atoms with van der Waals surface area (Å²) < 4.78 is 28.7. The van der Waals surface area contributed by atoms with Crippen LogP contribution in [0.3, 0.4) is 0 Å². The van der Waals surface area contributed by atoms with Crippen molar-refractivity contribution in [3.8, 4) is 5.75 Å².